The third-order valence-electron chi connectivity index (χ3n) is 6.19. The van der Waals surface area contributed by atoms with Crippen LogP contribution in [-0.4, -0.2) is 34.1 Å². The molecule has 0 aliphatic carbocycles. The van der Waals surface area contributed by atoms with Crippen molar-refractivity contribution in [2.45, 2.75) is 78.9 Å². The molecule has 0 unspecified atom stereocenters. The van der Waals surface area contributed by atoms with E-state index in [-0.39, 0.29) is 43.3 Å². The van der Waals surface area contributed by atoms with Crippen molar-refractivity contribution in [3.05, 3.63) is 127 Å². The molecular formula is C38H44Cl4N2O4Ti. The Morgan fingerprint density at radius 1 is 0.510 bits per heavy atom. The van der Waals surface area contributed by atoms with Crippen LogP contribution in [0.3, 0.4) is 0 Å². The third kappa shape index (κ3) is 20.0. The molecule has 0 bridgehead atoms. The number of hydrogen-bond acceptors (Lipinski definition) is 6. The standard InChI is InChI=1S/C30H28Cl4N2O2.2C4H9O.Ti/c31-25-13-23(29(37)27(33)15-25)19-35(17-21-7-3-1-4-8-21)11-12-36(18-22-9-5-2-6-10-22)20-24-14-26(32)16-28(34)30(24)38;2*1-4(2,3)5;/h1-10,13-16,37-38H,11-12,17-20H2;2*1-3H3;/q;2*-1;+4/p-2. The minimum atomic E-state index is -0.750. The minimum Gasteiger partial charge on any atom is -0.871 e. The van der Waals surface area contributed by atoms with Crippen LogP contribution < -0.4 is 20.4 Å². The van der Waals surface area contributed by atoms with E-state index in [1.54, 1.807) is 53.7 Å². The summed E-state index contributed by atoms with van der Waals surface area (Å²) in [7, 11) is 0. The van der Waals surface area contributed by atoms with E-state index in [1.807, 2.05) is 36.4 Å². The average Bonchev–Trinajstić information content (AvgIpc) is 2.96. The molecule has 4 aromatic carbocycles. The van der Waals surface area contributed by atoms with E-state index in [0.717, 1.165) is 11.1 Å². The van der Waals surface area contributed by atoms with Gasteiger partial charge in [-0.1, -0.05) is 160 Å². The van der Waals surface area contributed by atoms with Gasteiger partial charge in [-0.05, 0) is 46.5 Å². The minimum absolute atomic E-state index is 0. The Hall–Kier alpha value is -1.81. The van der Waals surface area contributed by atoms with Gasteiger partial charge < -0.3 is 20.4 Å². The van der Waals surface area contributed by atoms with Crippen LogP contribution in [-0.2, 0) is 47.9 Å². The van der Waals surface area contributed by atoms with Gasteiger partial charge in [0, 0.05) is 59.4 Å². The summed E-state index contributed by atoms with van der Waals surface area (Å²) < 4.78 is 0. The van der Waals surface area contributed by atoms with Crippen molar-refractivity contribution in [2.24, 2.45) is 0 Å². The Kier molecular flexibility index (Phi) is 19.9. The molecule has 0 heterocycles. The van der Waals surface area contributed by atoms with Gasteiger partial charge in [-0.15, -0.1) is 11.2 Å². The van der Waals surface area contributed by atoms with Crippen molar-refractivity contribution >= 4 is 46.4 Å². The van der Waals surface area contributed by atoms with Crippen LogP contribution in [0.25, 0.3) is 0 Å². The summed E-state index contributed by atoms with van der Waals surface area (Å²) in [6.45, 7) is 13.0. The van der Waals surface area contributed by atoms with Crippen molar-refractivity contribution in [1.29, 1.82) is 0 Å². The molecule has 4 rings (SSSR count). The maximum absolute atomic E-state index is 12.7. The normalized spacial score (nSPS) is 11.3. The molecule has 0 N–H and O–H groups in total. The molecule has 0 fully saturated rings. The first kappa shape index (κ1) is 45.2. The summed E-state index contributed by atoms with van der Waals surface area (Å²) in [5.41, 5.74) is 1.81. The zero-order valence-corrected chi connectivity index (χ0v) is 33.5. The molecule has 0 saturated heterocycles. The Bertz CT molecular complexity index is 1420. The largest absolute Gasteiger partial charge is 4.00 e. The van der Waals surface area contributed by atoms with Crippen LogP contribution in [0, 0.1) is 0 Å². The maximum atomic E-state index is 12.7. The Morgan fingerprint density at radius 3 is 1.08 bits per heavy atom. The van der Waals surface area contributed by atoms with Crippen LogP contribution in [0.2, 0.25) is 20.1 Å². The summed E-state index contributed by atoms with van der Waals surface area (Å²) in [6, 6.07) is 26.4. The quantitative estimate of drug-likeness (QED) is 0.147. The fourth-order valence-electron chi connectivity index (χ4n) is 4.34. The van der Waals surface area contributed by atoms with Gasteiger partial charge in [-0.25, -0.2) is 0 Å². The van der Waals surface area contributed by atoms with E-state index in [0.29, 0.717) is 60.4 Å². The summed E-state index contributed by atoms with van der Waals surface area (Å²) in [5.74, 6) is -0.445. The second-order valence-electron chi connectivity index (χ2n) is 13.4. The monoisotopic (exact) mass is 780 g/mol. The molecule has 0 amide bonds. The van der Waals surface area contributed by atoms with E-state index in [1.165, 1.54) is 12.1 Å². The predicted molar refractivity (Wildman–Crippen MR) is 192 cm³/mol. The molecule has 262 valence electrons. The van der Waals surface area contributed by atoms with Gasteiger partial charge in [0.25, 0.3) is 0 Å². The van der Waals surface area contributed by atoms with Crippen LogP contribution in [0.1, 0.15) is 63.8 Å². The fraction of sp³-hybridized carbons (Fsp3) is 0.368. The summed E-state index contributed by atoms with van der Waals surface area (Å²) >= 11 is 24.7. The molecule has 0 radical (unpaired) electrons. The average molecular weight is 782 g/mol. The van der Waals surface area contributed by atoms with Crippen LogP contribution in [0.4, 0.5) is 0 Å². The van der Waals surface area contributed by atoms with Crippen molar-refractivity contribution in [2.75, 3.05) is 13.1 Å². The molecule has 0 atom stereocenters. The van der Waals surface area contributed by atoms with Gasteiger partial charge in [0.15, 0.2) is 0 Å². The van der Waals surface area contributed by atoms with Gasteiger partial charge in [0.05, 0.1) is 0 Å². The fourth-order valence-corrected chi connectivity index (χ4v) is 5.41. The second kappa shape index (κ2) is 21.5. The van der Waals surface area contributed by atoms with E-state index in [4.69, 9.17) is 46.4 Å². The number of hydrogen-bond donors (Lipinski definition) is 0. The Balaban J connectivity index is 0.000000958. The summed E-state index contributed by atoms with van der Waals surface area (Å²) in [4.78, 5) is 4.36. The molecule has 11 heteroatoms. The van der Waals surface area contributed by atoms with E-state index in [9.17, 15) is 20.4 Å². The first-order valence-electron chi connectivity index (χ1n) is 15.5. The Morgan fingerprint density at radius 2 is 0.796 bits per heavy atom. The topological polar surface area (TPSA) is 98.7 Å². The number of rotatable bonds is 11. The molecule has 4 aromatic rings. The van der Waals surface area contributed by atoms with Crippen LogP contribution in [0.5, 0.6) is 11.5 Å². The first-order chi connectivity index (χ1) is 22.3. The molecule has 0 aliphatic heterocycles. The third-order valence-corrected chi connectivity index (χ3v) is 7.19. The molecule has 0 spiro atoms. The van der Waals surface area contributed by atoms with Crippen molar-refractivity contribution < 1.29 is 42.1 Å². The van der Waals surface area contributed by atoms with Crippen molar-refractivity contribution in [3.8, 4) is 11.5 Å². The van der Waals surface area contributed by atoms with Gasteiger partial charge in [-0.3, -0.25) is 9.80 Å². The SMILES string of the molecule is CC(C)(C)[O-].CC(C)(C)[O-].[O-]c1c(Cl)cc(Cl)cc1CN(CCN(Cc1ccccc1)Cc1cc(Cl)cc(Cl)c1[O-])Cc1ccccc1.[Ti+4]. The van der Waals surface area contributed by atoms with Crippen LogP contribution in [0.15, 0.2) is 84.9 Å². The number of nitrogens with zero attached hydrogens (tertiary/aromatic N) is 2. The zero-order valence-electron chi connectivity index (χ0n) is 28.9. The molecule has 0 saturated carbocycles. The van der Waals surface area contributed by atoms with Gasteiger partial charge in [-0.2, -0.15) is 0 Å². The first-order valence-corrected chi connectivity index (χ1v) is 17.0. The molecule has 0 aromatic heterocycles. The van der Waals surface area contributed by atoms with Crippen LogP contribution >= 0.6 is 46.4 Å². The Labute approximate surface area is 327 Å². The smallest absolute Gasteiger partial charge is 0.871 e. The van der Waals surface area contributed by atoms with Crippen molar-refractivity contribution in [3.63, 3.8) is 0 Å². The van der Waals surface area contributed by atoms with Gasteiger partial charge >= 0.3 is 21.7 Å². The summed E-state index contributed by atoms with van der Waals surface area (Å²) in [6.07, 6.45) is 0. The van der Waals surface area contributed by atoms with E-state index < -0.39 is 11.2 Å². The van der Waals surface area contributed by atoms with E-state index in [2.05, 4.69) is 34.1 Å². The number of benzene rings is 4. The zero-order chi connectivity index (χ0) is 36.1. The molecule has 6 nitrogen and oxygen atoms in total. The van der Waals surface area contributed by atoms with Gasteiger partial charge in [0.2, 0.25) is 0 Å². The molecular weight excluding hydrogens is 738 g/mol. The second-order valence-corrected chi connectivity index (χ2v) is 15.1. The summed E-state index contributed by atoms with van der Waals surface area (Å²) in [5, 5.41) is 46.8. The van der Waals surface area contributed by atoms with Crippen molar-refractivity contribution in [1.82, 2.24) is 9.80 Å². The van der Waals surface area contributed by atoms with E-state index >= 15 is 0 Å². The maximum Gasteiger partial charge on any atom is 4.00 e. The number of halogens is 4. The molecule has 49 heavy (non-hydrogen) atoms. The predicted octanol–water partition coefficient (Wildman–Crippen LogP) is 7.44. The van der Waals surface area contributed by atoms with Gasteiger partial charge in [0.1, 0.15) is 0 Å². The molecule has 0 aliphatic rings.